The molecule has 192 valence electrons. The molecule has 1 N–H and O–H groups in total. The molecule has 0 atom stereocenters. The van der Waals surface area contributed by atoms with Gasteiger partial charge in [-0.2, -0.15) is 9.78 Å². The van der Waals surface area contributed by atoms with Crippen LogP contribution in [0.25, 0.3) is 0 Å². The molecular weight excluding hydrogens is 482 g/mol. The van der Waals surface area contributed by atoms with Gasteiger partial charge in [-0.1, -0.05) is 11.1 Å². The van der Waals surface area contributed by atoms with Crippen molar-refractivity contribution in [2.24, 2.45) is 0 Å². The fourth-order valence-electron chi connectivity index (χ4n) is 3.33. The molecule has 1 amide bonds. The van der Waals surface area contributed by atoms with Crippen LogP contribution in [0.4, 0.5) is 11.6 Å². The van der Waals surface area contributed by atoms with Crippen molar-refractivity contribution >= 4 is 17.5 Å². The molecule has 2 aromatic carbocycles. The Morgan fingerprint density at radius 1 is 0.973 bits per heavy atom. The molecule has 0 bridgehead atoms. The van der Waals surface area contributed by atoms with E-state index in [1.165, 1.54) is 21.8 Å². The predicted molar refractivity (Wildman–Crippen MR) is 132 cm³/mol. The molecule has 4 aromatic rings. The zero-order valence-electron chi connectivity index (χ0n) is 20.2. The first-order valence-corrected chi connectivity index (χ1v) is 11.4. The summed E-state index contributed by atoms with van der Waals surface area (Å²) in [5.41, 5.74) is 1.68. The number of rotatable bonds is 12. The molecule has 0 spiro atoms. The Labute approximate surface area is 211 Å². The SMILES string of the molecule is CCOc1ccc(COc2ccc(NC(=O)c3ccn(Cn4cnc([N+](=O)[O-])n4)n3)cc2)cc1OCC. The fourth-order valence-corrected chi connectivity index (χ4v) is 3.33. The average Bonchev–Trinajstić information content (AvgIpc) is 3.56. The van der Waals surface area contributed by atoms with Crippen molar-refractivity contribution in [3.8, 4) is 17.2 Å². The van der Waals surface area contributed by atoms with Crippen LogP contribution in [0.2, 0.25) is 0 Å². The van der Waals surface area contributed by atoms with E-state index in [0.717, 1.165) is 5.56 Å². The van der Waals surface area contributed by atoms with Gasteiger partial charge in [0.15, 0.2) is 23.9 Å². The second kappa shape index (κ2) is 11.7. The Morgan fingerprint density at radius 3 is 2.43 bits per heavy atom. The highest BCUT2D eigenvalue weighted by molar-refractivity contribution is 6.02. The van der Waals surface area contributed by atoms with Crippen LogP contribution in [-0.2, 0) is 13.3 Å². The van der Waals surface area contributed by atoms with Gasteiger partial charge in [0.25, 0.3) is 5.91 Å². The summed E-state index contributed by atoms with van der Waals surface area (Å²) in [5, 5.41) is 21.4. The summed E-state index contributed by atoms with van der Waals surface area (Å²) in [5.74, 6) is 1.09. The summed E-state index contributed by atoms with van der Waals surface area (Å²) < 4.78 is 19.8. The Hall–Kier alpha value is -4.94. The van der Waals surface area contributed by atoms with Gasteiger partial charge in [-0.15, -0.1) is 0 Å². The van der Waals surface area contributed by atoms with E-state index in [4.69, 9.17) is 14.2 Å². The number of nitrogens with zero attached hydrogens (tertiary/aromatic N) is 6. The van der Waals surface area contributed by atoms with Gasteiger partial charge in [0.1, 0.15) is 12.4 Å². The van der Waals surface area contributed by atoms with E-state index in [9.17, 15) is 14.9 Å². The van der Waals surface area contributed by atoms with Crippen LogP contribution in [0, 0.1) is 10.1 Å². The minimum atomic E-state index is -0.687. The molecule has 0 saturated carbocycles. The first-order chi connectivity index (χ1) is 17.9. The highest BCUT2D eigenvalue weighted by atomic mass is 16.6. The quantitative estimate of drug-likeness (QED) is 0.224. The highest BCUT2D eigenvalue weighted by Crippen LogP contribution is 2.29. The number of nitro groups is 1. The van der Waals surface area contributed by atoms with E-state index in [0.29, 0.717) is 42.8 Å². The van der Waals surface area contributed by atoms with Gasteiger partial charge in [-0.3, -0.25) is 4.79 Å². The third-order valence-corrected chi connectivity index (χ3v) is 4.98. The lowest BCUT2D eigenvalue weighted by molar-refractivity contribution is -0.394. The summed E-state index contributed by atoms with van der Waals surface area (Å²) in [7, 11) is 0. The van der Waals surface area contributed by atoms with E-state index >= 15 is 0 Å². The molecule has 37 heavy (non-hydrogen) atoms. The van der Waals surface area contributed by atoms with E-state index in [-0.39, 0.29) is 12.4 Å². The first-order valence-electron chi connectivity index (χ1n) is 11.4. The maximum absolute atomic E-state index is 12.6. The number of hydrogen-bond donors (Lipinski definition) is 1. The molecule has 2 heterocycles. The van der Waals surface area contributed by atoms with Crippen LogP contribution in [0.3, 0.4) is 0 Å². The van der Waals surface area contributed by atoms with Crippen molar-refractivity contribution in [2.45, 2.75) is 27.1 Å². The van der Waals surface area contributed by atoms with Gasteiger partial charge < -0.3 is 29.6 Å². The number of nitrogens with one attached hydrogen (secondary N) is 1. The smallest absolute Gasteiger partial charge is 0.490 e. The second-order valence-electron chi connectivity index (χ2n) is 7.64. The second-order valence-corrected chi connectivity index (χ2v) is 7.64. The van der Waals surface area contributed by atoms with Gasteiger partial charge in [-0.05, 0) is 66.8 Å². The minimum absolute atomic E-state index is 0.0700. The lowest BCUT2D eigenvalue weighted by atomic mass is 10.2. The molecule has 0 aliphatic carbocycles. The van der Waals surface area contributed by atoms with E-state index in [1.807, 2.05) is 32.0 Å². The maximum Gasteiger partial charge on any atom is 0.491 e. The third kappa shape index (κ3) is 6.60. The zero-order valence-corrected chi connectivity index (χ0v) is 20.2. The van der Waals surface area contributed by atoms with Crippen LogP contribution < -0.4 is 19.5 Å². The highest BCUT2D eigenvalue weighted by Gasteiger charge is 2.15. The summed E-state index contributed by atoms with van der Waals surface area (Å²) in [6.07, 6.45) is 2.79. The number of amides is 1. The monoisotopic (exact) mass is 507 g/mol. The van der Waals surface area contributed by atoms with Crippen molar-refractivity contribution in [1.82, 2.24) is 24.5 Å². The Kier molecular flexibility index (Phi) is 7.93. The van der Waals surface area contributed by atoms with Gasteiger partial charge in [-0.25, -0.2) is 4.68 Å². The number of aromatic nitrogens is 5. The normalized spacial score (nSPS) is 10.6. The Morgan fingerprint density at radius 2 is 1.73 bits per heavy atom. The average molecular weight is 508 g/mol. The molecule has 2 aromatic heterocycles. The molecule has 13 nitrogen and oxygen atoms in total. The first kappa shape index (κ1) is 25.2. The van der Waals surface area contributed by atoms with E-state index in [1.54, 1.807) is 30.5 Å². The van der Waals surface area contributed by atoms with Crippen molar-refractivity contribution in [2.75, 3.05) is 18.5 Å². The predicted octanol–water partition coefficient (Wildman–Crippen LogP) is 3.52. The minimum Gasteiger partial charge on any atom is -0.490 e. The molecule has 0 saturated heterocycles. The molecule has 0 unspecified atom stereocenters. The van der Waals surface area contributed by atoms with E-state index < -0.39 is 16.8 Å². The zero-order chi connectivity index (χ0) is 26.2. The number of carbonyl (C=O) groups is 1. The molecule has 0 fully saturated rings. The molecule has 0 aliphatic rings. The lowest BCUT2D eigenvalue weighted by Gasteiger charge is -2.13. The largest absolute Gasteiger partial charge is 0.491 e. The Balaban J connectivity index is 1.31. The van der Waals surface area contributed by atoms with Gasteiger partial charge in [0.2, 0.25) is 6.33 Å². The molecule has 0 radical (unpaired) electrons. The van der Waals surface area contributed by atoms with Crippen LogP contribution in [-0.4, -0.2) is 48.6 Å². The molecule has 0 aliphatic heterocycles. The lowest BCUT2D eigenvalue weighted by Crippen LogP contribution is -2.15. The maximum atomic E-state index is 12.6. The van der Waals surface area contributed by atoms with Crippen LogP contribution >= 0.6 is 0 Å². The van der Waals surface area contributed by atoms with E-state index in [2.05, 4.69) is 20.5 Å². The Bertz CT molecular complexity index is 1370. The standard InChI is InChI=1S/C24H25N7O6/c1-3-35-21-10-5-17(13-22(21)36-4-2)14-37-19-8-6-18(7-9-19)26-23(32)20-11-12-29(27-20)16-30-15-25-24(28-30)31(33)34/h5-13,15H,3-4,14,16H2,1-2H3,(H,26,32). The topological polar surface area (TPSA) is 148 Å². The third-order valence-electron chi connectivity index (χ3n) is 4.98. The number of anilines is 1. The van der Waals surface area contributed by atoms with Crippen molar-refractivity contribution < 1.29 is 23.9 Å². The number of hydrogen-bond acceptors (Lipinski definition) is 9. The fraction of sp³-hybridized carbons (Fsp3) is 0.250. The van der Waals surface area contributed by atoms with Crippen LogP contribution in [0.5, 0.6) is 17.2 Å². The molecule has 4 rings (SSSR count). The summed E-state index contributed by atoms with van der Waals surface area (Å²) >= 11 is 0. The van der Waals surface area contributed by atoms with Crippen molar-refractivity contribution in [3.05, 3.63) is 82.4 Å². The van der Waals surface area contributed by atoms with Gasteiger partial charge >= 0.3 is 5.95 Å². The molecular formula is C24H25N7O6. The van der Waals surface area contributed by atoms with Gasteiger partial charge in [0.05, 0.1) is 13.2 Å². The molecule has 13 heteroatoms. The van der Waals surface area contributed by atoms with Crippen LogP contribution in [0.15, 0.2) is 61.1 Å². The van der Waals surface area contributed by atoms with Crippen molar-refractivity contribution in [3.63, 3.8) is 0 Å². The summed E-state index contributed by atoms with van der Waals surface area (Å²) in [6.45, 7) is 5.33. The number of ether oxygens (including phenoxy) is 3. The van der Waals surface area contributed by atoms with Crippen LogP contribution in [0.1, 0.15) is 29.9 Å². The summed E-state index contributed by atoms with van der Waals surface area (Å²) in [6, 6.07) is 14.2. The van der Waals surface area contributed by atoms with Crippen molar-refractivity contribution in [1.29, 1.82) is 0 Å². The summed E-state index contributed by atoms with van der Waals surface area (Å²) in [4.78, 5) is 26.2. The number of carbonyl (C=O) groups excluding carboxylic acids is 1. The van der Waals surface area contributed by atoms with Gasteiger partial charge in [0, 0.05) is 17.0 Å². The number of benzene rings is 2.